The van der Waals surface area contributed by atoms with Crippen LogP contribution in [-0.2, 0) is 13.0 Å². The lowest BCUT2D eigenvalue weighted by Gasteiger charge is -2.18. The summed E-state index contributed by atoms with van der Waals surface area (Å²) in [7, 11) is 0. The van der Waals surface area contributed by atoms with Crippen molar-refractivity contribution in [1.29, 1.82) is 0 Å². The molecule has 1 aliphatic rings. The quantitative estimate of drug-likeness (QED) is 0.890. The van der Waals surface area contributed by atoms with Gasteiger partial charge in [-0.1, -0.05) is 6.07 Å². The van der Waals surface area contributed by atoms with E-state index in [4.69, 9.17) is 0 Å². The molecule has 0 aromatic heterocycles. The Balaban J connectivity index is 1.81. The zero-order valence-electron chi connectivity index (χ0n) is 11.9. The Labute approximate surface area is 123 Å². The van der Waals surface area contributed by atoms with Gasteiger partial charge in [-0.05, 0) is 66.9 Å². The number of carbonyl (C=O) groups is 1. The minimum atomic E-state index is -0.394. The monoisotopic (exact) mass is 284 g/mol. The number of anilines is 1. The second kappa shape index (κ2) is 5.66. The first-order valence-electron chi connectivity index (χ1n) is 7.03. The van der Waals surface area contributed by atoms with E-state index in [0.29, 0.717) is 5.56 Å². The molecule has 0 spiro atoms. The maximum absolute atomic E-state index is 13.4. The zero-order valence-corrected chi connectivity index (χ0v) is 11.9. The molecule has 1 aliphatic heterocycles. The number of halogens is 1. The lowest BCUT2D eigenvalue weighted by Crippen LogP contribution is -2.23. The molecule has 1 amide bonds. The summed E-state index contributed by atoms with van der Waals surface area (Å²) in [6.45, 7) is 3.57. The summed E-state index contributed by atoms with van der Waals surface area (Å²) in [4.78, 5) is 12.2. The van der Waals surface area contributed by atoms with Gasteiger partial charge in [-0.25, -0.2) is 4.39 Å². The molecule has 2 aromatic rings. The number of carbonyl (C=O) groups excluding carboxylic acids is 1. The van der Waals surface area contributed by atoms with E-state index in [2.05, 4.69) is 10.6 Å². The lowest BCUT2D eigenvalue weighted by atomic mass is 10.0. The van der Waals surface area contributed by atoms with Gasteiger partial charge in [0, 0.05) is 17.8 Å². The SMILES string of the molecule is Cc1cc(F)cc(C(=O)Nc2ccc3c(c2)CNCC3)c1. The summed E-state index contributed by atoms with van der Waals surface area (Å²) in [5, 5.41) is 6.14. The Bertz CT molecular complexity index is 677. The Morgan fingerprint density at radius 1 is 1.19 bits per heavy atom. The molecule has 0 saturated carbocycles. The summed E-state index contributed by atoms with van der Waals surface area (Å²) in [5.74, 6) is -0.684. The standard InChI is InChI=1S/C17H17FN2O/c1-11-6-13(8-15(18)7-11)17(21)20-16-3-2-12-4-5-19-10-14(12)9-16/h2-3,6-9,19H,4-5,10H2,1H3,(H,20,21). The van der Waals surface area contributed by atoms with Gasteiger partial charge in [-0.3, -0.25) is 4.79 Å². The summed E-state index contributed by atoms with van der Waals surface area (Å²) in [6.07, 6.45) is 1.01. The van der Waals surface area contributed by atoms with Crippen LogP contribution in [0.2, 0.25) is 0 Å². The van der Waals surface area contributed by atoms with E-state index < -0.39 is 5.82 Å². The van der Waals surface area contributed by atoms with Crippen LogP contribution < -0.4 is 10.6 Å². The highest BCUT2D eigenvalue weighted by molar-refractivity contribution is 6.04. The Morgan fingerprint density at radius 3 is 2.86 bits per heavy atom. The van der Waals surface area contributed by atoms with Crippen LogP contribution in [0.1, 0.15) is 27.0 Å². The topological polar surface area (TPSA) is 41.1 Å². The van der Waals surface area contributed by atoms with Crippen LogP contribution in [0.25, 0.3) is 0 Å². The van der Waals surface area contributed by atoms with Gasteiger partial charge in [-0.15, -0.1) is 0 Å². The fourth-order valence-electron chi connectivity index (χ4n) is 2.63. The molecule has 1 heterocycles. The van der Waals surface area contributed by atoms with Gasteiger partial charge in [-0.2, -0.15) is 0 Å². The molecule has 0 aliphatic carbocycles. The lowest BCUT2D eigenvalue weighted by molar-refractivity contribution is 0.102. The van der Waals surface area contributed by atoms with Crippen molar-refractivity contribution in [3.63, 3.8) is 0 Å². The van der Waals surface area contributed by atoms with E-state index in [0.717, 1.165) is 30.8 Å². The normalized spacial score (nSPS) is 13.6. The summed E-state index contributed by atoms with van der Waals surface area (Å²) < 4.78 is 13.4. The largest absolute Gasteiger partial charge is 0.322 e. The number of hydrogen-bond donors (Lipinski definition) is 2. The number of fused-ring (bicyclic) bond motifs is 1. The molecule has 2 aromatic carbocycles. The summed E-state index contributed by atoms with van der Waals surface area (Å²) in [5.41, 5.74) is 4.32. The molecular weight excluding hydrogens is 267 g/mol. The smallest absolute Gasteiger partial charge is 0.255 e. The number of rotatable bonds is 2. The molecule has 0 radical (unpaired) electrons. The van der Waals surface area contributed by atoms with Crippen LogP contribution in [-0.4, -0.2) is 12.5 Å². The zero-order chi connectivity index (χ0) is 14.8. The molecule has 21 heavy (non-hydrogen) atoms. The number of aryl methyl sites for hydroxylation is 1. The third-order valence-corrected chi connectivity index (χ3v) is 3.66. The summed E-state index contributed by atoms with van der Waals surface area (Å²) >= 11 is 0. The van der Waals surface area contributed by atoms with Gasteiger partial charge in [0.1, 0.15) is 5.82 Å². The van der Waals surface area contributed by atoms with Crippen LogP contribution >= 0.6 is 0 Å². The van der Waals surface area contributed by atoms with Gasteiger partial charge < -0.3 is 10.6 Å². The highest BCUT2D eigenvalue weighted by Gasteiger charge is 2.12. The Hall–Kier alpha value is -2.20. The van der Waals surface area contributed by atoms with E-state index in [1.54, 1.807) is 13.0 Å². The minimum absolute atomic E-state index is 0.290. The van der Waals surface area contributed by atoms with Gasteiger partial charge >= 0.3 is 0 Å². The van der Waals surface area contributed by atoms with E-state index in [9.17, 15) is 9.18 Å². The molecule has 108 valence electrons. The molecule has 0 atom stereocenters. The van der Waals surface area contributed by atoms with Crippen molar-refractivity contribution in [2.24, 2.45) is 0 Å². The summed E-state index contributed by atoms with van der Waals surface area (Å²) in [6, 6.07) is 10.3. The van der Waals surface area contributed by atoms with Crippen molar-refractivity contribution < 1.29 is 9.18 Å². The van der Waals surface area contributed by atoms with Crippen LogP contribution in [0.3, 0.4) is 0 Å². The molecule has 3 rings (SSSR count). The van der Waals surface area contributed by atoms with E-state index in [1.807, 2.05) is 18.2 Å². The Morgan fingerprint density at radius 2 is 2.05 bits per heavy atom. The second-order valence-electron chi connectivity index (χ2n) is 5.38. The number of nitrogens with one attached hydrogen (secondary N) is 2. The van der Waals surface area contributed by atoms with E-state index in [1.165, 1.54) is 23.3 Å². The minimum Gasteiger partial charge on any atom is -0.322 e. The average Bonchev–Trinajstić information content (AvgIpc) is 2.46. The first-order valence-corrected chi connectivity index (χ1v) is 7.03. The number of benzene rings is 2. The molecule has 4 heteroatoms. The number of amides is 1. The van der Waals surface area contributed by atoms with Crippen molar-refractivity contribution in [3.05, 3.63) is 64.5 Å². The fraction of sp³-hybridized carbons (Fsp3) is 0.235. The Kier molecular flexibility index (Phi) is 3.71. The highest BCUT2D eigenvalue weighted by Crippen LogP contribution is 2.20. The van der Waals surface area contributed by atoms with Crippen molar-refractivity contribution in [2.45, 2.75) is 19.9 Å². The van der Waals surface area contributed by atoms with Crippen molar-refractivity contribution in [3.8, 4) is 0 Å². The van der Waals surface area contributed by atoms with Gasteiger partial charge in [0.05, 0.1) is 0 Å². The van der Waals surface area contributed by atoms with Crippen LogP contribution in [0.15, 0.2) is 36.4 Å². The van der Waals surface area contributed by atoms with Crippen LogP contribution in [0.5, 0.6) is 0 Å². The molecular formula is C17H17FN2O. The maximum atomic E-state index is 13.4. The first kappa shape index (κ1) is 13.8. The maximum Gasteiger partial charge on any atom is 0.255 e. The van der Waals surface area contributed by atoms with Gasteiger partial charge in [0.25, 0.3) is 5.91 Å². The molecule has 2 N–H and O–H groups in total. The van der Waals surface area contributed by atoms with E-state index >= 15 is 0 Å². The predicted molar refractivity (Wildman–Crippen MR) is 80.9 cm³/mol. The van der Waals surface area contributed by atoms with Crippen molar-refractivity contribution in [1.82, 2.24) is 5.32 Å². The average molecular weight is 284 g/mol. The van der Waals surface area contributed by atoms with Gasteiger partial charge in [0.2, 0.25) is 0 Å². The fourth-order valence-corrected chi connectivity index (χ4v) is 2.63. The van der Waals surface area contributed by atoms with Crippen molar-refractivity contribution in [2.75, 3.05) is 11.9 Å². The third-order valence-electron chi connectivity index (χ3n) is 3.66. The van der Waals surface area contributed by atoms with E-state index in [-0.39, 0.29) is 5.91 Å². The first-order chi connectivity index (χ1) is 10.1. The van der Waals surface area contributed by atoms with Crippen molar-refractivity contribution >= 4 is 11.6 Å². The molecule has 3 nitrogen and oxygen atoms in total. The molecule has 0 unspecified atom stereocenters. The van der Waals surface area contributed by atoms with Crippen LogP contribution in [0.4, 0.5) is 10.1 Å². The molecule has 0 saturated heterocycles. The predicted octanol–water partition coefficient (Wildman–Crippen LogP) is 3.03. The third kappa shape index (κ3) is 3.11. The second-order valence-corrected chi connectivity index (χ2v) is 5.38. The van der Waals surface area contributed by atoms with Crippen LogP contribution in [0, 0.1) is 12.7 Å². The van der Waals surface area contributed by atoms with Gasteiger partial charge in [0.15, 0.2) is 0 Å². The highest BCUT2D eigenvalue weighted by atomic mass is 19.1. The number of hydrogen-bond acceptors (Lipinski definition) is 2. The molecule has 0 bridgehead atoms. The molecule has 0 fully saturated rings.